The number of cyclic esters (lactones) is 1. The van der Waals surface area contributed by atoms with Crippen LogP contribution in [0, 0.1) is 0 Å². The Morgan fingerprint density at radius 2 is 2.57 bits per heavy atom. The number of rotatable bonds is 5. The Morgan fingerprint density at radius 1 is 1.67 bits per heavy atom. The maximum Gasteiger partial charge on any atom is 0.407 e. The number of fused-ring (bicyclic) bond motifs is 1. The van der Waals surface area contributed by atoms with E-state index < -0.39 is 25.5 Å². The van der Waals surface area contributed by atoms with Gasteiger partial charge in [-0.1, -0.05) is 6.07 Å². The van der Waals surface area contributed by atoms with Crippen molar-refractivity contribution in [1.82, 2.24) is 15.2 Å². The molecule has 5 nitrogen and oxygen atoms in total. The van der Waals surface area contributed by atoms with Crippen molar-refractivity contribution in [2.75, 3.05) is 27.2 Å². The van der Waals surface area contributed by atoms with Gasteiger partial charge in [-0.25, -0.2) is 4.79 Å². The molecule has 112 valence electrons. The van der Waals surface area contributed by atoms with Gasteiger partial charge in [0.1, 0.15) is 6.61 Å². The number of ether oxygens (including phenoxy) is 1. The SMILES string of the molecule is [2H]c1c(CCN(C)C([2H])([2H])[2H])c2cc(C([2H])([2H])[C@H]3COC(=O)N3[2H])ccc2n1[2H]. The Bertz CT molecular complexity index is 942. The summed E-state index contributed by atoms with van der Waals surface area (Å²) >= 11 is 0. The molecular formula is C16H21N3O2. The van der Waals surface area contributed by atoms with Crippen molar-refractivity contribution in [3.8, 4) is 0 Å². The first kappa shape index (κ1) is 7.31. The Hall–Kier alpha value is -2.01. The molecule has 1 amide bonds. The number of carbonyl (C=O) groups is 1. The van der Waals surface area contributed by atoms with E-state index in [1.54, 1.807) is 0 Å². The van der Waals surface area contributed by atoms with E-state index in [-0.39, 0.29) is 31.3 Å². The van der Waals surface area contributed by atoms with Gasteiger partial charge in [-0.15, -0.1) is 0 Å². The van der Waals surface area contributed by atoms with Crippen molar-refractivity contribution in [2.45, 2.75) is 18.8 Å². The van der Waals surface area contributed by atoms with E-state index in [0.29, 0.717) is 21.8 Å². The quantitative estimate of drug-likeness (QED) is 0.886. The molecule has 0 spiro atoms. The zero-order valence-electron chi connectivity index (χ0n) is 19.6. The summed E-state index contributed by atoms with van der Waals surface area (Å²) in [5.41, 5.74) is 1.01. The maximum atomic E-state index is 11.5. The van der Waals surface area contributed by atoms with Crippen molar-refractivity contribution in [2.24, 2.45) is 0 Å². The number of alkyl carbamates (subject to hydrolysis) is 1. The van der Waals surface area contributed by atoms with Gasteiger partial charge in [-0.3, -0.25) is 0 Å². The van der Waals surface area contributed by atoms with Crippen LogP contribution in [0.15, 0.2) is 24.4 Å². The number of H-pyrrole nitrogens is 1. The van der Waals surface area contributed by atoms with Crippen LogP contribution in [0.1, 0.15) is 19.4 Å². The Kier molecular flexibility index (Phi) is 2.01. The molecule has 0 bridgehead atoms. The highest BCUT2D eigenvalue weighted by Crippen LogP contribution is 2.21. The lowest BCUT2D eigenvalue weighted by Gasteiger charge is -2.09. The number of aromatic amines is 1. The molecule has 2 heterocycles. The molecule has 2 aromatic rings. The number of carbonyl (C=O) groups excluding carboxylic acids is 1. The number of hydrogen-bond donors (Lipinski definition) is 2. The van der Waals surface area contributed by atoms with Crippen LogP contribution in [-0.2, 0) is 17.5 Å². The lowest BCUT2D eigenvalue weighted by Crippen LogP contribution is -2.28. The van der Waals surface area contributed by atoms with Crippen LogP contribution in [0.4, 0.5) is 4.79 Å². The summed E-state index contributed by atoms with van der Waals surface area (Å²) in [7, 11) is 1.44. The highest BCUT2D eigenvalue weighted by molar-refractivity contribution is 5.84. The second kappa shape index (κ2) is 5.77. The predicted molar refractivity (Wildman–Crippen MR) is 82.5 cm³/mol. The zero-order valence-corrected chi connectivity index (χ0v) is 11.6. The fraction of sp³-hybridized carbons (Fsp3) is 0.438. The molecule has 0 saturated carbocycles. The van der Waals surface area contributed by atoms with Crippen molar-refractivity contribution in [3.05, 3.63) is 35.5 Å². The number of nitrogens with zero attached hydrogens (tertiary/aromatic N) is 1. The number of likely N-dealkylation sites (N-methyl/N-ethyl adjacent to an activating group) is 1. The van der Waals surface area contributed by atoms with E-state index in [1.807, 2.05) is 0 Å². The predicted octanol–water partition coefficient (Wildman–Crippen LogP) is 1.92. The summed E-state index contributed by atoms with van der Waals surface area (Å²) < 4.78 is 67.9. The third-order valence-electron chi connectivity index (χ3n) is 3.29. The van der Waals surface area contributed by atoms with Gasteiger partial charge >= 0.3 is 6.09 Å². The summed E-state index contributed by atoms with van der Waals surface area (Å²) in [6, 6.07) is 3.34. The Morgan fingerprint density at radius 3 is 3.33 bits per heavy atom. The van der Waals surface area contributed by atoms with Crippen LogP contribution < -0.4 is 5.31 Å². The molecule has 1 saturated heterocycles. The van der Waals surface area contributed by atoms with Crippen LogP contribution >= 0.6 is 0 Å². The minimum absolute atomic E-state index is 0.0989. The van der Waals surface area contributed by atoms with E-state index in [4.69, 9.17) is 15.8 Å². The van der Waals surface area contributed by atoms with E-state index in [2.05, 4.69) is 0 Å². The van der Waals surface area contributed by atoms with Crippen molar-refractivity contribution in [1.29, 1.82) is 0 Å². The smallest absolute Gasteiger partial charge is 0.407 e. The second-order valence-electron chi connectivity index (χ2n) is 4.97. The topological polar surface area (TPSA) is 57.4 Å². The van der Waals surface area contributed by atoms with E-state index >= 15 is 0 Å². The standard InChI is InChI=1S/C16H21N3O2/c1-19(2)6-5-12-9-17-15-4-3-11(8-14(12)15)7-13-10-21-16(20)18-13/h3-4,8-9,13,17H,5-7,10H2,1-2H3,(H,18,20)/t13-/m0/s1/i1D3,7D2,9D/hD2. The first-order valence-corrected chi connectivity index (χ1v) is 6.65. The molecular weight excluding hydrogens is 266 g/mol. The minimum Gasteiger partial charge on any atom is -0.447 e. The minimum atomic E-state index is -2.28. The van der Waals surface area contributed by atoms with Crippen LogP contribution in [0.3, 0.4) is 0 Å². The molecule has 3 rings (SSSR count). The summed E-state index contributed by atoms with van der Waals surface area (Å²) in [6.45, 7) is -2.41. The summed E-state index contributed by atoms with van der Waals surface area (Å²) in [5, 5.41) is 0.939. The maximum absolute atomic E-state index is 11.5. The summed E-state index contributed by atoms with van der Waals surface area (Å²) in [6.07, 6.45) is -2.92. The van der Waals surface area contributed by atoms with Gasteiger partial charge in [0, 0.05) is 30.5 Å². The number of nitrogens with one attached hydrogen (secondary N) is 2. The third-order valence-corrected chi connectivity index (χ3v) is 3.29. The first-order valence-electron chi connectivity index (χ1n) is 10.5. The zero-order chi connectivity index (χ0) is 21.7. The summed E-state index contributed by atoms with van der Waals surface area (Å²) in [4.78, 5) is 13.5. The molecule has 21 heavy (non-hydrogen) atoms. The Labute approximate surface area is 135 Å². The molecule has 0 aliphatic carbocycles. The second-order valence-corrected chi connectivity index (χ2v) is 4.97. The fourth-order valence-electron chi connectivity index (χ4n) is 2.24. The average Bonchev–Trinajstić information content (AvgIpc) is 3.10. The van der Waals surface area contributed by atoms with Gasteiger partial charge in [0.2, 0.25) is 0 Å². The molecule has 2 N–H and O–H groups in total. The molecule has 1 aromatic heterocycles. The van der Waals surface area contributed by atoms with Gasteiger partial charge in [0.05, 0.1) is 7.41 Å². The molecule has 1 aromatic carbocycles. The van der Waals surface area contributed by atoms with E-state index in [1.165, 1.54) is 30.1 Å². The number of aromatic nitrogens is 1. The molecule has 0 radical (unpaired) electrons. The van der Waals surface area contributed by atoms with Gasteiger partial charge in [0.25, 0.3) is 0 Å². The first-order chi connectivity index (χ1) is 13.4. The van der Waals surface area contributed by atoms with Gasteiger partial charge < -0.3 is 19.9 Å². The number of benzene rings is 1. The summed E-state index contributed by atoms with van der Waals surface area (Å²) in [5.74, 6) is 0. The fourth-order valence-corrected chi connectivity index (χ4v) is 2.24. The third kappa shape index (κ3) is 3.19. The molecule has 1 atom stereocenters. The van der Waals surface area contributed by atoms with Crippen molar-refractivity contribution < 1.29 is 20.6 Å². The van der Waals surface area contributed by atoms with Crippen LogP contribution in [0.25, 0.3) is 10.9 Å². The number of hydrogen-bond acceptors (Lipinski definition) is 3. The van der Waals surface area contributed by atoms with Crippen molar-refractivity contribution in [3.63, 3.8) is 0 Å². The molecule has 0 unspecified atom stereocenters. The lowest BCUT2D eigenvalue weighted by molar-refractivity contribution is 0.177. The van der Waals surface area contributed by atoms with Crippen LogP contribution in [-0.4, -0.2) is 49.2 Å². The van der Waals surface area contributed by atoms with Gasteiger partial charge in [-0.2, -0.15) is 0 Å². The monoisotopic (exact) mass is 295 g/mol. The normalized spacial score (nSPS) is 25.5. The molecule has 1 aliphatic heterocycles. The van der Waals surface area contributed by atoms with E-state index in [9.17, 15) is 4.79 Å². The van der Waals surface area contributed by atoms with Crippen LogP contribution in [0.5, 0.6) is 0 Å². The highest BCUT2D eigenvalue weighted by atomic mass is 16.6. The van der Waals surface area contributed by atoms with Crippen molar-refractivity contribution >= 4 is 17.0 Å². The number of amides is 1. The molecule has 5 heteroatoms. The average molecular weight is 295 g/mol. The lowest BCUT2D eigenvalue weighted by atomic mass is 10.0. The van der Waals surface area contributed by atoms with Gasteiger partial charge in [0.15, 0.2) is 2.82 Å². The largest absolute Gasteiger partial charge is 0.447 e. The van der Waals surface area contributed by atoms with E-state index in [0.717, 1.165) is 4.98 Å². The van der Waals surface area contributed by atoms with Gasteiger partial charge in [-0.05, 0) is 50.1 Å². The highest BCUT2D eigenvalue weighted by Gasteiger charge is 2.22. The van der Waals surface area contributed by atoms with Crippen LogP contribution in [0.2, 0.25) is 2.82 Å². The molecule has 1 fully saturated rings. The Balaban J connectivity index is 1.99. The molecule has 1 aliphatic rings.